The largest absolute Gasteiger partial charge is 0.468 e. The summed E-state index contributed by atoms with van der Waals surface area (Å²) in [7, 11) is 1.52. The second-order valence-electron chi connectivity index (χ2n) is 14.2. The third kappa shape index (κ3) is 5.64. The molecule has 3 saturated heterocycles. The Bertz CT molecular complexity index is 1940. The van der Waals surface area contributed by atoms with Gasteiger partial charge in [-0.2, -0.15) is 9.97 Å². The van der Waals surface area contributed by atoms with E-state index in [1.54, 1.807) is 24.4 Å². The van der Waals surface area contributed by atoms with Crippen LogP contribution in [0.3, 0.4) is 0 Å². The first-order chi connectivity index (χ1) is 24.3. The van der Waals surface area contributed by atoms with Crippen LogP contribution in [0.15, 0.2) is 30.5 Å². The summed E-state index contributed by atoms with van der Waals surface area (Å²) >= 11 is 0. The fraction of sp³-hybridized carbons (Fsp3) is 0.514. The summed E-state index contributed by atoms with van der Waals surface area (Å²) in [6, 6.07) is 6.48. The Kier molecular flexibility index (Phi) is 8.58. The molecule has 0 radical (unpaired) electrons. The summed E-state index contributed by atoms with van der Waals surface area (Å²) in [6.07, 6.45) is 7.02. The highest BCUT2D eigenvalue weighted by atomic mass is 19.1. The molecule has 1 saturated carbocycles. The van der Waals surface area contributed by atoms with Crippen LogP contribution >= 0.6 is 0 Å². The lowest BCUT2D eigenvalue weighted by molar-refractivity contribution is 0.0512. The van der Waals surface area contributed by atoms with Crippen molar-refractivity contribution in [2.24, 2.45) is 11.8 Å². The first-order valence-electron chi connectivity index (χ1n) is 17.6. The predicted octanol–water partition coefficient (Wildman–Crippen LogP) is 6.16. The number of nitrogens with one attached hydrogen (secondary N) is 1. The number of carbonyl (C=O) groups is 1. The SMILES string of the molecule is CCc1c(F)ccc2cc(OCOC)cc(-c3ncc4c(N5C[C@H]6CC[C@@H](C5)C6NC(=O)O)nc(OCC56CCCN5CCC6)nc4c3F)c12. The van der Waals surface area contributed by atoms with E-state index in [0.717, 1.165) is 51.6 Å². The first-order valence-corrected chi connectivity index (χ1v) is 17.6. The van der Waals surface area contributed by atoms with Crippen LogP contribution in [0.5, 0.6) is 11.8 Å². The Morgan fingerprint density at radius 2 is 1.84 bits per heavy atom. The molecule has 8 rings (SSSR count). The molecule has 1 aliphatic carbocycles. The predicted molar refractivity (Wildman–Crippen MR) is 184 cm³/mol. The Hall–Kier alpha value is -4.36. The van der Waals surface area contributed by atoms with E-state index in [9.17, 15) is 9.90 Å². The van der Waals surface area contributed by atoms with Crippen LogP contribution in [0.25, 0.3) is 32.9 Å². The van der Waals surface area contributed by atoms with Crippen LogP contribution in [-0.4, -0.2) is 89.3 Å². The summed E-state index contributed by atoms with van der Waals surface area (Å²) in [4.78, 5) is 30.4. The van der Waals surface area contributed by atoms with Crippen molar-refractivity contribution < 1.29 is 32.9 Å². The van der Waals surface area contributed by atoms with E-state index in [1.807, 2.05) is 6.92 Å². The van der Waals surface area contributed by atoms with Crippen molar-refractivity contribution in [2.45, 2.75) is 63.5 Å². The molecule has 13 heteroatoms. The Balaban J connectivity index is 1.26. The number of piperidine rings is 1. The van der Waals surface area contributed by atoms with Crippen LogP contribution in [0.1, 0.15) is 51.0 Å². The van der Waals surface area contributed by atoms with Gasteiger partial charge in [-0.1, -0.05) is 13.0 Å². The third-order valence-electron chi connectivity index (χ3n) is 11.4. The van der Waals surface area contributed by atoms with E-state index in [4.69, 9.17) is 24.2 Å². The first kappa shape index (κ1) is 32.8. The topological polar surface area (TPSA) is 122 Å². The summed E-state index contributed by atoms with van der Waals surface area (Å²) in [6.45, 7) is 5.45. The fourth-order valence-electron chi connectivity index (χ4n) is 9.18. The minimum atomic E-state index is -1.02. The van der Waals surface area contributed by atoms with Crippen LogP contribution in [0, 0.1) is 23.5 Å². The zero-order chi connectivity index (χ0) is 34.6. The number of benzene rings is 2. The Labute approximate surface area is 288 Å². The average molecular weight is 689 g/mol. The number of aromatic nitrogens is 3. The summed E-state index contributed by atoms with van der Waals surface area (Å²) in [5.41, 5.74) is 0.850. The molecule has 264 valence electrons. The molecule has 2 aromatic heterocycles. The van der Waals surface area contributed by atoms with Gasteiger partial charge in [-0.15, -0.1) is 0 Å². The van der Waals surface area contributed by atoms with Gasteiger partial charge in [0, 0.05) is 38.0 Å². The lowest BCUT2D eigenvalue weighted by Gasteiger charge is -2.39. The van der Waals surface area contributed by atoms with Crippen LogP contribution < -0.4 is 19.7 Å². The quantitative estimate of drug-likeness (QED) is 0.188. The third-order valence-corrected chi connectivity index (χ3v) is 11.4. The van der Waals surface area contributed by atoms with E-state index in [0.29, 0.717) is 65.0 Å². The van der Waals surface area contributed by atoms with Gasteiger partial charge in [0.15, 0.2) is 12.6 Å². The van der Waals surface area contributed by atoms with Crippen LogP contribution in [0.2, 0.25) is 0 Å². The molecule has 2 aromatic carbocycles. The number of halogens is 2. The Morgan fingerprint density at radius 3 is 2.54 bits per heavy atom. The molecule has 3 aliphatic heterocycles. The molecule has 4 fully saturated rings. The van der Waals surface area contributed by atoms with Crippen molar-refractivity contribution in [2.75, 3.05) is 51.6 Å². The van der Waals surface area contributed by atoms with Crippen molar-refractivity contribution >= 4 is 33.6 Å². The fourth-order valence-corrected chi connectivity index (χ4v) is 9.18. The number of aryl methyl sites for hydroxylation is 1. The molecular weight excluding hydrogens is 646 g/mol. The van der Waals surface area contributed by atoms with Gasteiger partial charge in [-0.25, -0.2) is 13.6 Å². The minimum Gasteiger partial charge on any atom is -0.468 e. The molecule has 2 N–H and O–H groups in total. The van der Waals surface area contributed by atoms with E-state index >= 15 is 8.78 Å². The number of amides is 1. The van der Waals surface area contributed by atoms with Crippen LogP contribution in [-0.2, 0) is 11.2 Å². The molecule has 50 heavy (non-hydrogen) atoms. The lowest BCUT2D eigenvalue weighted by Crippen LogP contribution is -2.52. The molecule has 4 aromatic rings. The standard InChI is InChI=1S/C37H42F2N6O5/c1-3-25-28(38)9-8-21-14-24(50-20-48-2)15-26(29(21)25)32-30(39)33-27(16-40-32)34(44-17-22-6-7-23(18-44)31(22)42-36(46)47)43-35(41-33)49-19-37-10-4-12-45(37)13-5-11-37/h8-9,14-16,22-23,31,42H,3-7,10-13,17-20H2,1-2H3,(H,46,47)/t22-,23+,31?. The van der Waals surface area contributed by atoms with Crippen molar-refractivity contribution in [3.05, 3.63) is 47.7 Å². The summed E-state index contributed by atoms with van der Waals surface area (Å²) in [5.74, 6) is 0.0779. The molecule has 1 unspecified atom stereocenters. The van der Waals surface area contributed by atoms with E-state index in [-0.39, 0.29) is 53.2 Å². The van der Waals surface area contributed by atoms with Gasteiger partial charge in [0.25, 0.3) is 0 Å². The van der Waals surface area contributed by atoms with E-state index in [1.165, 1.54) is 13.2 Å². The second kappa shape index (κ2) is 13.1. The number of rotatable bonds is 10. The van der Waals surface area contributed by atoms with Gasteiger partial charge in [0.2, 0.25) is 0 Å². The van der Waals surface area contributed by atoms with Gasteiger partial charge >= 0.3 is 12.1 Å². The molecule has 0 spiro atoms. The Morgan fingerprint density at radius 1 is 1.08 bits per heavy atom. The molecule has 4 aliphatic rings. The van der Waals surface area contributed by atoms with Crippen molar-refractivity contribution in [1.29, 1.82) is 0 Å². The maximum atomic E-state index is 17.2. The normalized spacial score (nSPS) is 22.7. The number of anilines is 1. The summed E-state index contributed by atoms with van der Waals surface area (Å²) < 4.78 is 49.7. The number of nitrogens with zero attached hydrogens (tertiary/aromatic N) is 5. The molecule has 11 nitrogen and oxygen atoms in total. The number of hydrogen-bond acceptors (Lipinski definition) is 9. The highest BCUT2D eigenvalue weighted by Gasteiger charge is 2.46. The number of methoxy groups -OCH3 is 1. The number of ether oxygens (including phenoxy) is 3. The molecule has 5 heterocycles. The van der Waals surface area contributed by atoms with Crippen molar-refractivity contribution in [1.82, 2.24) is 25.2 Å². The highest BCUT2D eigenvalue weighted by molar-refractivity contribution is 6.01. The number of pyridine rings is 1. The van der Waals surface area contributed by atoms with Gasteiger partial charge in [-0.3, -0.25) is 9.88 Å². The zero-order valence-corrected chi connectivity index (χ0v) is 28.4. The van der Waals surface area contributed by atoms with Gasteiger partial charge < -0.3 is 29.5 Å². The van der Waals surface area contributed by atoms with Gasteiger partial charge in [-0.05, 0) is 104 Å². The molecule has 3 atom stereocenters. The zero-order valence-electron chi connectivity index (χ0n) is 28.4. The van der Waals surface area contributed by atoms with Crippen molar-refractivity contribution in [3.63, 3.8) is 0 Å². The van der Waals surface area contributed by atoms with Gasteiger partial charge in [0.05, 0.1) is 10.9 Å². The minimum absolute atomic E-state index is 0.0158. The maximum absolute atomic E-state index is 17.2. The average Bonchev–Trinajstić information content (AvgIpc) is 3.75. The number of carboxylic acid groups (broad SMARTS) is 1. The van der Waals surface area contributed by atoms with E-state index in [2.05, 4.69) is 20.1 Å². The second-order valence-corrected chi connectivity index (χ2v) is 14.2. The van der Waals surface area contributed by atoms with E-state index < -0.39 is 11.9 Å². The maximum Gasteiger partial charge on any atom is 0.404 e. The smallest absolute Gasteiger partial charge is 0.404 e. The monoisotopic (exact) mass is 688 g/mol. The molecular formula is C37H42F2N6O5. The van der Waals surface area contributed by atoms with Gasteiger partial charge in [0.1, 0.15) is 35.2 Å². The molecule has 2 bridgehead atoms. The number of hydrogen-bond donors (Lipinski definition) is 2. The molecule has 1 amide bonds. The summed E-state index contributed by atoms with van der Waals surface area (Å²) in [5, 5.41) is 13.9. The highest BCUT2D eigenvalue weighted by Crippen LogP contribution is 2.43. The number of fused-ring (bicyclic) bond motifs is 5. The lowest BCUT2D eigenvalue weighted by atomic mass is 9.92. The van der Waals surface area contributed by atoms with Crippen LogP contribution in [0.4, 0.5) is 19.4 Å². The van der Waals surface area contributed by atoms with Crippen molar-refractivity contribution in [3.8, 4) is 23.0 Å².